The molecule has 0 aliphatic rings. The molecule has 0 saturated heterocycles. The molecule has 6 heteroatoms. The second-order valence-electron chi connectivity index (χ2n) is 6.15. The van der Waals surface area contributed by atoms with Crippen LogP contribution in [0.1, 0.15) is 15.9 Å². The van der Waals surface area contributed by atoms with Gasteiger partial charge in [0.05, 0.1) is 10.6 Å². The third kappa shape index (κ3) is 3.68. The molecule has 4 nitrogen and oxygen atoms in total. The van der Waals surface area contributed by atoms with Gasteiger partial charge in [0, 0.05) is 16.3 Å². The van der Waals surface area contributed by atoms with Gasteiger partial charge in [-0.15, -0.1) is 0 Å². The van der Waals surface area contributed by atoms with Crippen molar-refractivity contribution in [1.29, 1.82) is 0 Å². The van der Waals surface area contributed by atoms with Crippen LogP contribution in [0, 0.1) is 6.92 Å². The first-order valence-corrected chi connectivity index (χ1v) is 8.99. The van der Waals surface area contributed by atoms with E-state index in [2.05, 4.69) is 10.3 Å². The first kappa shape index (κ1) is 17.6. The lowest BCUT2D eigenvalue weighted by Gasteiger charge is -2.05. The molecule has 1 aromatic heterocycles. The van der Waals surface area contributed by atoms with Crippen molar-refractivity contribution >= 4 is 45.9 Å². The molecule has 0 aliphatic heterocycles. The third-order valence-corrected chi connectivity index (χ3v) is 4.64. The van der Waals surface area contributed by atoms with Gasteiger partial charge in [0.1, 0.15) is 5.52 Å². The van der Waals surface area contributed by atoms with Crippen LogP contribution in [0.3, 0.4) is 0 Å². The first-order chi connectivity index (χ1) is 13.0. The van der Waals surface area contributed by atoms with E-state index < -0.39 is 0 Å². The molecule has 0 atom stereocenters. The normalized spacial score (nSPS) is 10.9. The maximum atomic E-state index is 12.4. The predicted octanol–water partition coefficient (Wildman–Crippen LogP) is 6.36. The van der Waals surface area contributed by atoms with Gasteiger partial charge in [-0.2, -0.15) is 0 Å². The van der Waals surface area contributed by atoms with Gasteiger partial charge in [0.15, 0.2) is 5.58 Å². The minimum atomic E-state index is -0.178. The van der Waals surface area contributed by atoms with Crippen molar-refractivity contribution in [3.05, 3.63) is 81.8 Å². The average Bonchev–Trinajstić information content (AvgIpc) is 3.04. The van der Waals surface area contributed by atoms with Crippen molar-refractivity contribution in [2.75, 3.05) is 5.32 Å². The molecule has 27 heavy (non-hydrogen) atoms. The van der Waals surface area contributed by atoms with Crippen LogP contribution in [-0.4, -0.2) is 10.9 Å². The van der Waals surface area contributed by atoms with E-state index in [4.69, 9.17) is 27.6 Å². The fourth-order valence-corrected chi connectivity index (χ4v) is 3.26. The molecule has 4 rings (SSSR count). The highest BCUT2D eigenvalue weighted by molar-refractivity contribution is 6.36. The van der Waals surface area contributed by atoms with E-state index >= 15 is 0 Å². The van der Waals surface area contributed by atoms with Gasteiger partial charge < -0.3 is 9.73 Å². The summed E-state index contributed by atoms with van der Waals surface area (Å²) in [5.41, 5.74) is 4.14. The average molecular weight is 397 g/mol. The maximum Gasteiger partial charge on any atom is 0.255 e. The van der Waals surface area contributed by atoms with Gasteiger partial charge in [-0.1, -0.05) is 40.9 Å². The van der Waals surface area contributed by atoms with Crippen LogP contribution in [0.15, 0.2) is 65.1 Å². The van der Waals surface area contributed by atoms with Gasteiger partial charge in [-0.25, -0.2) is 4.98 Å². The Bertz CT molecular complexity index is 1170. The van der Waals surface area contributed by atoms with Crippen LogP contribution in [0.4, 0.5) is 5.69 Å². The number of nitrogens with zero attached hydrogens (tertiary/aromatic N) is 1. The summed E-state index contributed by atoms with van der Waals surface area (Å²) < 4.78 is 5.78. The number of benzene rings is 3. The molecule has 0 saturated carbocycles. The van der Waals surface area contributed by atoms with E-state index in [1.807, 2.05) is 25.1 Å². The minimum Gasteiger partial charge on any atom is -0.436 e. The maximum absolute atomic E-state index is 12.4. The van der Waals surface area contributed by atoms with Crippen molar-refractivity contribution in [3.63, 3.8) is 0 Å². The Balaban J connectivity index is 1.64. The van der Waals surface area contributed by atoms with Gasteiger partial charge in [0.2, 0.25) is 5.89 Å². The Hall–Kier alpha value is -2.82. The van der Waals surface area contributed by atoms with E-state index in [0.29, 0.717) is 43.9 Å². The largest absolute Gasteiger partial charge is 0.436 e. The molecular formula is C21H14Cl2N2O2. The lowest BCUT2D eigenvalue weighted by molar-refractivity contribution is 0.102. The summed E-state index contributed by atoms with van der Waals surface area (Å²) in [7, 11) is 0. The smallest absolute Gasteiger partial charge is 0.255 e. The summed E-state index contributed by atoms with van der Waals surface area (Å²) in [6.07, 6.45) is 0. The highest BCUT2D eigenvalue weighted by Gasteiger charge is 2.13. The molecule has 3 aromatic carbocycles. The number of amides is 1. The fourth-order valence-electron chi connectivity index (χ4n) is 2.77. The minimum absolute atomic E-state index is 0.178. The molecular weight excluding hydrogens is 383 g/mol. The van der Waals surface area contributed by atoms with Crippen LogP contribution in [0.2, 0.25) is 10.0 Å². The SMILES string of the molecule is Cc1cccc(C(=O)Nc2ccc3oc(-c4ccc(Cl)cc4Cl)nc3c2)c1. The molecule has 1 N–H and O–H groups in total. The highest BCUT2D eigenvalue weighted by atomic mass is 35.5. The summed E-state index contributed by atoms with van der Waals surface area (Å²) >= 11 is 12.2. The Morgan fingerprint density at radius 3 is 2.67 bits per heavy atom. The monoisotopic (exact) mass is 396 g/mol. The molecule has 0 fully saturated rings. The number of nitrogens with one attached hydrogen (secondary N) is 1. The molecule has 134 valence electrons. The number of anilines is 1. The first-order valence-electron chi connectivity index (χ1n) is 8.23. The number of fused-ring (bicyclic) bond motifs is 1. The van der Waals surface area contributed by atoms with E-state index in [-0.39, 0.29) is 5.91 Å². The van der Waals surface area contributed by atoms with Crippen LogP contribution in [0.25, 0.3) is 22.6 Å². The number of rotatable bonds is 3. The summed E-state index contributed by atoms with van der Waals surface area (Å²) in [6.45, 7) is 1.95. The number of hydrogen-bond acceptors (Lipinski definition) is 3. The van der Waals surface area contributed by atoms with Gasteiger partial charge >= 0.3 is 0 Å². The molecule has 4 aromatic rings. The van der Waals surface area contributed by atoms with E-state index in [0.717, 1.165) is 5.56 Å². The number of halogens is 2. The molecule has 1 amide bonds. The predicted molar refractivity (Wildman–Crippen MR) is 109 cm³/mol. The van der Waals surface area contributed by atoms with Crippen molar-refractivity contribution in [2.24, 2.45) is 0 Å². The van der Waals surface area contributed by atoms with E-state index in [9.17, 15) is 4.79 Å². The molecule has 0 aliphatic carbocycles. The van der Waals surface area contributed by atoms with Crippen molar-refractivity contribution in [2.45, 2.75) is 6.92 Å². The van der Waals surface area contributed by atoms with Crippen LogP contribution < -0.4 is 5.32 Å². The summed E-state index contributed by atoms with van der Waals surface area (Å²) in [4.78, 5) is 16.9. The van der Waals surface area contributed by atoms with Crippen LogP contribution in [-0.2, 0) is 0 Å². The number of hydrogen-bond donors (Lipinski definition) is 1. The van der Waals surface area contributed by atoms with E-state index in [1.54, 1.807) is 42.5 Å². The Morgan fingerprint density at radius 2 is 1.89 bits per heavy atom. The Kier molecular flexibility index (Phi) is 4.60. The number of carbonyl (C=O) groups is 1. The zero-order chi connectivity index (χ0) is 19.0. The van der Waals surface area contributed by atoms with Crippen molar-refractivity contribution in [3.8, 4) is 11.5 Å². The van der Waals surface area contributed by atoms with Crippen molar-refractivity contribution in [1.82, 2.24) is 4.98 Å². The van der Waals surface area contributed by atoms with Gasteiger partial charge in [-0.3, -0.25) is 4.79 Å². The second kappa shape index (κ2) is 7.06. The molecule has 0 spiro atoms. The Labute approximate surface area is 165 Å². The summed E-state index contributed by atoms with van der Waals surface area (Å²) in [5.74, 6) is 0.219. The molecule has 0 radical (unpaired) electrons. The topological polar surface area (TPSA) is 55.1 Å². The number of aryl methyl sites for hydroxylation is 1. The zero-order valence-electron chi connectivity index (χ0n) is 14.3. The number of carbonyl (C=O) groups excluding carboxylic acids is 1. The summed E-state index contributed by atoms with van der Waals surface area (Å²) in [6, 6.07) is 17.8. The molecule has 0 bridgehead atoms. The summed E-state index contributed by atoms with van der Waals surface area (Å²) in [5, 5.41) is 3.88. The van der Waals surface area contributed by atoms with Crippen LogP contribution >= 0.6 is 23.2 Å². The molecule has 1 heterocycles. The zero-order valence-corrected chi connectivity index (χ0v) is 15.8. The Morgan fingerprint density at radius 1 is 1.04 bits per heavy atom. The second-order valence-corrected chi connectivity index (χ2v) is 6.99. The standard InChI is InChI=1S/C21H14Cl2N2O2/c1-12-3-2-4-13(9-12)20(26)24-15-6-8-19-18(11-15)25-21(27-19)16-7-5-14(22)10-17(16)23/h2-11H,1H3,(H,24,26). The third-order valence-electron chi connectivity index (χ3n) is 4.09. The quantitative estimate of drug-likeness (QED) is 0.438. The van der Waals surface area contributed by atoms with Gasteiger partial charge in [0.25, 0.3) is 5.91 Å². The number of oxazole rings is 1. The molecule has 0 unspecified atom stereocenters. The fraction of sp³-hybridized carbons (Fsp3) is 0.0476. The number of aromatic nitrogens is 1. The van der Waals surface area contributed by atoms with Crippen molar-refractivity contribution < 1.29 is 9.21 Å². The van der Waals surface area contributed by atoms with Crippen LogP contribution in [0.5, 0.6) is 0 Å². The lowest BCUT2D eigenvalue weighted by Crippen LogP contribution is -2.11. The van der Waals surface area contributed by atoms with E-state index in [1.165, 1.54) is 0 Å². The highest BCUT2D eigenvalue weighted by Crippen LogP contribution is 2.32. The van der Waals surface area contributed by atoms with Gasteiger partial charge in [-0.05, 0) is 55.5 Å². The lowest BCUT2D eigenvalue weighted by atomic mass is 10.1.